The highest BCUT2D eigenvalue weighted by Crippen LogP contribution is 2.23. The number of hydrogen-bond acceptors (Lipinski definition) is 4. The largest absolute Gasteiger partial charge is 0.456 e. The van der Waals surface area contributed by atoms with Gasteiger partial charge in [0, 0.05) is 28.8 Å². The highest BCUT2D eigenvalue weighted by molar-refractivity contribution is 6.05. The van der Waals surface area contributed by atoms with E-state index < -0.39 is 0 Å². The second-order valence-electron chi connectivity index (χ2n) is 7.24. The van der Waals surface area contributed by atoms with Gasteiger partial charge in [-0.2, -0.15) is 0 Å². The molecule has 3 aromatic carbocycles. The number of urea groups is 1. The van der Waals surface area contributed by atoms with E-state index >= 15 is 0 Å². The highest BCUT2D eigenvalue weighted by atomic mass is 16.5. The van der Waals surface area contributed by atoms with E-state index in [4.69, 9.17) is 4.74 Å². The molecule has 7 heteroatoms. The third-order valence-electron chi connectivity index (χ3n) is 4.76. The average Bonchev–Trinajstić information content (AvgIpc) is 2.83. The van der Waals surface area contributed by atoms with Gasteiger partial charge in [0.2, 0.25) is 0 Å². The quantitative estimate of drug-likeness (QED) is 0.340. The summed E-state index contributed by atoms with van der Waals surface area (Å²) in [5.41, 5.74) is 3.20. The molecular weight excluding hydrogens is 416 g/mol. The van der Waals surface area contributed by atoms with E-state index in [0.29, 0.717) is 34.1 Å². The molecule has 0 aliphatic heterocycles. The summed E-state index contributed by atoms with van der Waals surface area (Å²) in [4.78, 5) is 29.0. The van der Waals surface area contributed by atoms with Crippen LogP contribution in [-0.2, 0) is 0 Å². The summed E-state index contributed by atoms with van der Waals surface area (Å²) in [5.74, 6) is 0.953. The lowest BCUT2D eigenvalue weighted by molar-refractivity contribution is 0.102. The number of para-hydroxylation sites is 1. The third-order valence-corrected chi connectivity index (χ3v) is 4.76. The van der Waals surface area contributed by atoms with Crippen LogP contribution in [0.25, 0.3) is 0 Å². The van der Waals surface area contributed by atoms with Gasteiger partial charge in [0.15, 0.2) is 0 Å². The van der Waals surface area contributed by atoms with Crippen LogP contribution in [0.1, 0.15) is 15.9 Å². The Kier molecular flexibility index (Phi) is 6.61. The molecule has 1 aromatic heterocycles. The fourth-order valence-corrected chi connectivity index (χ4v) is 3.06. The van der Waals surface area contributed by atoms with E-state index in [1.165, 1.54) is 0 Å². The maximum absolute atomic E-state index is 12.7. The van der Waals surface area contributed by atoms with Crippen molar-refractivity contribution in [3.63, 3.8) is 0 Å². The van der Waals surface area contributed by atoms with Crippen molar-refractivity contribution in [2.45, 2.75) is 6.92 Å². The summed E-state index contributed by atoms with van der Waals surface area (Å²) in [6, 6.07) is 24.5. The van der Waals surface area contributed by atoms with E-state index in [2.05, 4.69) is 20.9 Å². The summed E-state index contributed by atoms with van der Waals surface area (Å²) in [6.45, 7) is 1.88. The Morgan fingerprint density at radius 3 is 2.24 bits per heavy atom. The van der Waals surface area contributed by atoms with Crippen LogP contribution in [0, 0.1) is 6.92 Å². The Labute approximate surface area is 191 Å². The summed E-state index contributed by atoms with van der Waals surface area (Å²) in [7, 11) is 0. The first-order valence-electron chi connectivity index (χ1n) is 10.3. The topological polar surface area (TPSA) is 92.4 Å². The molecule has 33 heavy (non-hydrogen) atoms. The molecule has 3 N–H and O–H groups in total. The van der Waals surface area contributed by atoms with Gasteiger partial charge in [-0.1, -0.05) is 24.3 Å². The van der Waals surface area contributed by atoms with Crippen LogP contribution in [0.4, 0.5) is 21.9 Å². The number of ether oxygens (including phenoxy) is 1. The fraction of sp³-hybridized carbons (Fsp3) is 0.0385. The van der Waals surface area contributed by atoms with Gasteiger partial charge >= 0.3 is 6.03 Å². The maximum Gasteiger partial charge on any atom is 0.323 e. The van der Waals surface area contributed by atoms with Crippen LogP contribution in [0.15, 0.2) is 97.3 Å². The van der Waals surface area contributed by atoms with Gasteiger partial charge in [0.1, 0.15) is 11.5 Å². The van der Waals surface area contributed by atoms with E-state index in [-0.39, 0.29) is 11.9 Å². The van der Waals surface area contributed by atoms with Crippen molar-refractivity contribution >= 4 is 29.0 Å². The number of hydrogen-bond donors (Lipinski definition) is 3. The first kappa shape index (κ1) is 21.6. The molecule has 4 aromatic rings. The molecule has 0 aliphatic rings. The molecule has 7 nitrogen and oxygen atoms in total. The summed E-state index contributed by atoms with van der Waals surface area (Å²) in [6.07, 6.45) is 3.28. The zero-order valence-corrected chi connectivity index (χ0v) is 17.9. The number of nitrogens with zero attached hydrogens (tertiary/aromatic N) is 1. The van der Waals surface area contributed by atoms with Gasteiger partial charge < -0.3 is 20.7 Å². The van der Waals surface area contributed by atoms with Gasteiger partial charge in [-0.25, -0.2) is 4.79 Å². The lowest BCUT2D eigenvalue weighted by atomic mass is 10.1. The second-order valence-corrected chi connectivity index (χ2v) is 7.24. The summed E-state index contributed by atoms with van der Waals surface area (Å²) in [5, 5.41) is 8.44. The SMILES string of the molecule is Cc1ccc(NC(=O)Nc2ccccc2)cc1NC(=O)c1ccc(Oc2cccnc2)cc1. The lowest BCUT2D eigenvalue weighted by Crippen LogP contribution is -2.19. The van der Waals surface area contributed by atoms with Gasteiger partial charge in [0.05, 0.1) is 6.20 Å². The van der Waals surface area contributed by atoms with Crippen molar-refractivity contribution in [2.75, 3.05) is 16.0 Å². The van der Waals surface area contributed by atoms with Gasteiger partial charge in [-0.3, -0.25) is 9.78 Å². The molecule has 164 valence electrons. The number of carbonyl (C=O) groups excluding carboxylic acids is 2. The number of anilines is 3. The number of benzene rings is 3. The summed E-state index contributed by atoms with van der Waals surface area (Å²) < 4.78 is 5.71. The van der Waals surface area contributed by atoms with Gasteiger partial charge in [-0.05, 0) is 73.2 Å². The first-order chi connectivity index (χ1) is 16.1. The Bertz CT molecular complexity index is 1240. The van der Waals surface area contributed by atoms with Crippen molar-refractivity contribution in [3.05, 3.63) is 108 Å². The molecule has 0 aliphatic carbocycles. The molecule has 0 radical (unpaired) electrons. The van der Waals surface area contributed by atoms with Crippen LogP contribution < -0.4 is 20.7 Å². The molecule has 0 spiro atoms. The Morgan fingerprint density at radius 1 is 0.758 bits per heavy atom. The smallest absolute Gasteiger partial charge is 0.323 e. The number of carbonyl (C=O) groups is 2. The fourth-order valence-electron chi connectivity index (χ4n) is 3.06. The van der Waals surface area contributed by atoms with Crippen molar-refractivity contribution in [1.82, 2.24) is 4.98 Å². The predicted octanol–water partition coefficient (Wildman–Crippen LogP) is 6.08. The van der Waals surface area contributed by atoms with Gasteiger partial charge in [-0.15, -0.1) is 0 Å². The second kappa shape index (κ2) is 10.1. The monoisotopic (exact) mass is 438 g/mol. The minimum Gasteiger partial charge on any atom is -0.456 e. The van der Waals surface area contributed by atoms with E-state index in [1.54, 1.807) is 73.1 Å². The number of amides is 3. The molecule has 0 unspecified atom stereocenters. The number of aromatic nitrogens is 1. The van der Waals surface area contributed by atoms with E-state index in [0.717, 1.165) is 5.56 Å². The molecule has 0 atom stereocenters. The standard InChI is InChI=1S/C26H22N4O3/c1-18-9-12-21(29-26(32)28-20-6-3-2-4-7-20)16-24(18)30-25(31)19-10-13-22(14-11-19)33-23-8-5-15-27-17-23/h2-17H,1H3,(H,30,31)(H2,28,29,32). The molecular formula is C26H22N4O3. The highest BCUT2D eigenvalue weighted by Gasteiger charge is 2.10. The molecule has 0 saturated heterocycles. The Hall–Kier alpha value is -4.65. The molecule has 1 heterocycles. The van der Waals surface area contributed by atoms with Crippen molar-refractivity contribution < 1.29 is 14.3 Å². The number of aryl methyl sites for hydroxylation is 1. The van der Waals surface area contributed by atoms with Crippen LogP contribution in [-0.4, -0.2) is 16.9 Å². The van der Waals surface area contributed by atoms with Crippen molar-refractivity contribution in [1.29, 1.82) is 0 Å². The van der Waals surface area contributed by atoms with Crippen molar-refractivity contribution in [3.8, 4) is 11.5 Å². The predicted molar refractivity (Wildman–Crippen MR) is 129 cm³/mol. The Morgan fingerprint density at radius 2 is 1.52 bits per heavy atom. The number of pyridine rings is 1. The molecule has 0 fully saturated rings. The van der Waals surface area contributed by atoms with Crippen LogP contribution in [0.5, 0.6) is 11.5 Å². The number of rotatable bonds is 6. The summed E-state index contributed by atoms with van der Waals surface area (Å²) >= 11 is 0. The van der Waals surface area contributed by atoms with Crippen LogP contribution >= 0.6 is 0 Å². The van der Waals surface area contributed by atoms with Crippen LogP contribution in [0.3, 0.4) is 0 Å². The number of nitrogens with one attached hydrogen (secondary N) is 3. The van der Waals surface area contributed by atoms with Crippen molar-refractivity contribution in [2.24, 2.45) is 0 Å². The lowest BCUT2D eigenvalue weighted by Gasteiger charge is -2.13. The molecule has 4 rings (SSSR count). The molecule has 0 bridgehead atoms. The van der Waals surface area contributed by atoms with Crippen LogP contribution in [0.2, 0.25) is 0 Å². The average molecular weight is 438 g/mol. The molecule has 0 saturated carbocycles. The zero-order valence-electron chi connectivity index (χ0n) is 17.9. The van der Waals surface area contributed by atoms with E-state index in [9.17, 15) is 9.59 Å². The third kappa shape index (κ3) is 5.95. The maximum atomic E-state index is 12.7. The normalized spacial score (nSPS) is 10.2. The minimum absolute atomic E-state index is 0.267. The molecule has 3 amide bonds. The van der Waals surface area contributed by atoms with Gasteiger partial charge in [0.25, 0.3) is 5.91 Å². The van der Waals surface area contributed by atoms with E-state index in [1.807, 2.05) is 31.2 Å². The zero-order chi connectivity index (χ0) is 23.0. The Balaban J connectivity index is 1.39. The first-order valence-corrected chi connectivity index (χ1v) is 10.3. The minimum atomic E-state index is -0.369.